The lowest BCUT2D eigenvalue weighted by molar-refractivity contribution is 0.281. The number of benzene rings is 2. The van der Waals surface area contributed by atoms with Crippen molar-refractivity contribution >= 4 is 41.8 Å². The predicted molar refractivity (Wildman–Crippen MR) is 125 cm³/mol. The van der Waals surface area contributed by atoms with Gasteiger partial charge in [0.1, 0.15) is 0 Å². The first-order chi connectivity index (χ1) is 13.8. The highest BCUT2D eigenvalue weighted by Gasteiger charge is 2.50. The molecule has 1 aromatic heterocycles. The van der Waals surface area contributed by atoms with Crippen LogP contribution in [0.15, 0.2) is 73.1 Å². The molecule has 0 saturated heterocycles. The monoisotopic (exact) mass is 422 g/mol. The minimum absolute atomic E-state index is 0.0869. The van der Waals surface area contributed by atoms with E-state index in [0.717, 1.165) is 5.69 Å². The fourth-order valence-electron chi connectivity index (χ4n) is 3.56. The Bertz CT molecular complexity index is 905. The van der Waals surface area contributed by atoms with Crippen molar-refractivity contribution in [3.8, 4) is 0 Å². The van der Waals surface area contributed by atoms with Gasteiger partial charge in [-0.3, -0.25) is 4.98 Å². The molecule has 0 fully saturated rings. The topological polar surface area (TPSA) is 73.1 Å². The molecule has 150 valence electrons. The molecule has 0 aliphatic heterocycles. The predicted octanol–water partition coefficient (Wildman–Crippen LogP) is 3.21. The molecular formula is C22H26N4OSSi. The molecule has 0 amide bonds. The highest BCUT2D eigenvalue weighted by Crippen LogP contribution is 2.37. The maximum Gasteiger partial charge on any atom is 0.261 e. The summed E-state index contributed by atoms with van der Waals surface area (Å²) >= 11 is 4.84. The van der Waals surface area contributed by atoms with Crippen molar-refractivity contribution in [2.45, 2.75) is 32.4 Å². The van der Waals surface area contributed by atoms with Crippen LogP contribution in [0, 0.1) is 0 Å². The van der Waals surface area contributed by atoms with Gasteiger partial charge in [0.05, 0.1) is 24.7 Å². The van der Waals surface area contributed by atoms with Crippen LogP contribution in [0.25, 0.3) is 0 Å². The van der Waals surface area contributed by atoms with Gasteiger partial charge in [-0.05, 0) is 27.6 Å². The van der Waals surface area contributed by atoms with Gasteiger partial charge in [-0.15, -0.1) is 0 Å². The zero-order chi connectivity index (χ0) is 20.9. The lowest BCUT2D eigenvalue weighted by Crippen LogP contribution is -2.66. The van der Waals surface area contributed by atoms with E-state index < -0.39 is 8.32 Å². The number of hydrogen-bond acceptors (Lipinski definition) is 4. The van der Waals surface area contributed by atoms with Gasteiger partial charge in [0, 0.05) is 0 Å². The van der Waals surface area contributed by atoms with E-state index in [0.29, 0.717) is 12.4 Å². The third kappa shape index (κ3) is 4.69. The molecule has 3 rings (SSSR count). The average molecular weight is 423 g/mol. The molecule has 2 aromatic carbocycles. The van der Waals surface area contributed by atoms with Crippen LogP contribution < -0.4 is 21.4 Å². The van der Waals surface area contributed by atoms with E-state index >= 15 is 0 Å². The molecule has 0 aliphatic carbocycles. The molecule has 0 radical (unpaired) electrons. The van der Waals surface area contributed by atoms with Gasteiger partial charge in [-0.25, -0.2) is 4.98 Å². The van der Waals surface area contributed by atoms with Gasteiger partial charge >= 0.3 is 0 Å². The van der Waals surface area contributed by atoms with Gasteiger partial charge in [0.2, 0.25) is 0 Å². The second-order valence-electron chi connectivity index (χ2n) is 7.83. The van der Waals surface area contributed by atoms with Crippen LogP contribution in [-0.2, 0) is 11.0 Å². The van der Waals surface area contributed by atoms with Crippen LogP contribution in [0.4, 0.5) is 5.82 Å². The van der Waals surface area contributed by atoms with E-state index in [4.69, 9.17) is 22.4 Å². The molecule has 3 N–H and O–H groups in total. The normalized spacial score (nSPS) is 11.8. The van der Waals surface area contributed by atoms with Crippen molar-refractivity contribution in [3.05, 3.63) is 78.8 Å². The minimum Gasteiger partial charge on any atom is -0.401 e. The zero-order valence-electron chi connectivity index (χ0n) is 16.9. The van der Waals surface area contributed by atoms with E-state index in [-0.39, 0.29) is 10.2 Å². The third-order valence-electron chi connectivity index (χ3n) is 4.81. The Hall–Kier alpha value is -2.61. The Morgan fingerprint density at radius 3 is 1.93 bits per heavy atom. The maximum absolute atomic E-state index is 6.84. The summed E-state index contributed by atoms with van der Waals surface area (Å²) in [6, 6.07) is 21.1. The number of nitrogens with two attached hydrogens (primary N) is 1. The van der Waals surface area contributed by atoms with E-state index in [1.807, 2.05) is 12.1 Å². The minimum atomic E-state index is -2.60. The SMILES string of the molecule is CC(C)(C)[Si](OCc1cnc(NC(N)=S)cn1)(c1ccccc1)c1ccccc1. The van der Waals surface area contributed by atoms with Crippen LogP contribution in [0.1, 0.15) is 26.5 Å². The molecular weight excluding hydrogens is 396 g/mol. The number of aromatic nitrogens is 2. The van der Waals surface area contributed by atoms with Gasteiger partial charge in [-0.1, -0.05) is 81.4 Å². The summed E-state index contributed by atoms with van der Waals surface area (Å²) in [4.78, 5) is 8.78. The number of thiocarbonyl (C=S) groups is 1. The van der Waals surface area contributed by atoms with Crippen molar-refractivity contribution in [2.24, 2.45) is 5.73 Å². The van der Waals surface area contributed by atoms with Crippen molar-refractivity contribution in [1.29, 1.82) is 0 Å². The third-order valence-corrected chi connectivity index (χ3v) is 9.89. The highest BCUT2D eigenvalue weighted by atomic mass is 32.1. The fourth-order valence-corrected chi connectivity index (χ4v) is 8.19. The summed E-state index contributed by atoms with van der Waals surface area (Å²) in [5.41, 5.74) is 6.24. The molecule has 0 atom stereocenters. The Kier molecular flexibility index (Phi) is 6.41. The van der Waals surface area contributed by atoms with Crippen molar-refractivity contribution in [2.75, 3.05) is 5.32 Å². The smallest absolute Gasteiger partial charge is 0.261 e. The van der Waals surface area contributed by atoms with Gasteiger partial charge < -0.3 is 15.5 Å². The lowest BCUT2D eigenvalue weighted by Gasteiger charge is -2.42. The molecule has 0 bridgehead atoms. The van der Waals surface area contributed by atoms with E-state index in [1.54, 1.807) is 12.4 Å². The molecule has 0 aliphatic rings. The van der Waals surface area contributed by atoms with Gasteiger partial charge in [0.15, 0.2) is 10.9 Å². The first-order valence-electron chi connectivity index (χ1n) is 9.45. The van der Waals surface area contributed by atoms with Crippen LogP contribution in [0.2, 0.25) is 5.04 Å². The molecule has 0 spiro atoms. The summed E-state index contributed by atoms with van der Waals surface area (Å²) in [6.07, 6.45) is 3.31. The first kappa shape index (κ1) is 21.1. The summed E-state index contributed by atoms with van der Waals surface area (Å²) < 4.78 is 6.84. The number of hydrogen-bond donors (Lipinski definition) is 2. The standard InChI is InChI=1S/C22H26N4OSSi/c1-22(2,3)29(18-10-6-4-7-11-18,19-12-8-5-9-13-19)27-16-17-14-25-20(15-24-17)26-21(23)28/h4-15H,16H2,1-3H3,(H3,23,25,26,28). The fraction of sp³-hybridized carbons (Fsp3) is 0.227. The summed E-state index contributed by atoms with van der Waals surface area (Å²) in [6.45, 7) is 7.12. The van der Waals surface area contributed by atoms with Crippen LogP contribution in [-0.4, -0.2) is 23.4 Å². The van der Waals surface area contributed by atoms with E-state index in [2.05, 4.69) is 84.6 Å². The second-order valence-corrected chi connectivity index (χ2v) is 12.6. The van der Waals surface area contributed by atoms with Crippen molar-refractivity contribution < 1.29 is 4.43 Å². The number of anilines is 1. The van der Waals surface area contributed by atoms with Crippen molar-refractivity contribution in [3.63, 3.8) is 0 Å². The number of nitrogens with one attached hydrogen (secondary N) is 1. The summed E-state index contributed by atoms with van der Waals surface area (Å²) in [5, 5.41) is 5.33. The van der Waals surface area contributed by atoms with E-state index in [1.165, 1.54) is 10.4 Å². The van der Waals surface area contributed by atoms with Crippen LogP contribution in [0.5, 0.6) is 0 Å². The summed E-state index contributed by atoms with van der Waals surface area (Å²) in [7, 11) is -2.60. The molecule has 29 heavy (non-hydrogen) atoms. The van der Waals surface area contributed by atoms with Crippen LogP contribution in [0.3, 0.4) is 0 Å². The first-order valence-corrected chi connectivity index (χ1v) is 11.8. The molecule has 5 nitrogen and oxygen atoms in total. The number of rotatable bonds is 6. The molecule has 0 unspecified atom stereocenters. The Balaban J connectivity index is 1.99. The molecule has 0 saturated carbocycles. The molecule has 3 aromatic rings. The lowest BCUT2D eigenvalue weighted by atomic mass is 10.2. The Labute approximate surface area is 178 Å². The Morgan fingerprint density at radius 1 is 0.966 bits per heavy atom. The van der Waals surface area contributed by atoms with Crippen molar-refractivity contribution in [1.82, 2.24) is 9.97 Å². The number of nitrogens with zero attached hydrogens (tertiary/aromatic N) is 2. The van der Waals surface area contributed by atoms with Crippen LogP contribution >= 0.6 is 12.2 Å². The zero-order valence-corrected chi connectivity index (χ0v) is 18.7. The Morgan fingerprint density at radius 2 is 1.52 bits per heavy atom. The summed E-state index contributed by atoms with van der Waals surface area (Å²) in [5.74, 6) is 0.520. The second kappa shape index (κ2) is 8.81. The highest BCUT2D eigenvalue weighted by molar-refractivity contribution is 7.80. The van der Waals surface area contributed by atoms with E-state index in [9.17, 15) is 0 Å². The largest absolute Gasteiger partial charge is 0.401 e. The van der Waals surface area contributed by atoms with Gasteiger partial charge in [-0.2, -0.15) is 0 Å². The quantitative estimate of drug-likeness (QED) is 0.469. The molecule has 7 heteroatoms. The van der Waals surface area contributed by atoms with Gasteiger partial charge in [0.25, 0.3) is 8.32 Å². The molecule has 1 heterocycles. The average Bonchev–Trinajstić information content (AvgIpc) is 2.70. The maximum atomic E-state index is 6.84.